The van der Waals surface area contributed by atoms with Gasteiger partial charge in [-0.15, -0.1) is 0 Å². The summed E-state index contributed by atoms with van der Waals surface area (Å²) in [6.45, 7) is 0.388. The lowest BCUT2D eigenvalue weighted by atomic mass is 10.1. The van der Waals surface area contributed by atoms with E-state index in [0.29, 0.717) is 4.47 Å². The molecule has 6 heteroatoms. The molecular formula is C9H6BrF3O2. The summed E-state index contributed by atoms with van der Waals surface area (Å²) in [4.78, 5) is 0. The second-order valence-corrected chi connectivity index (χ2v) is 3.80. The van der Waals surface area contributed by atoms with E-state index in [1.165, 1.54) is 6.07 Å². The molecule has 0 aromatic heterocycles. The minimum absolute atomic E-state index is 0.121. The number of hydrogen-bond donors (Lipinski definition) is 0. The van der Waals surface area contributed by atoms with Gasteiger partial charge in [0, 0.05) is 0 Å². The van der Waals surface area contributed by atoms with Crippen molar-refractivity contribution in [1.29, 1.82) is 0 Å². The van der Waals surface area contributed by atoms with E-state index in [1.54, 1.807) is 0 Å². The van der Waals surface area contributed by atoms with E-state index in [1.807, 2.05) is 0 Å². The summed E-state index contributed by atoms with van der Waals surface area (Å²) < 4.78 is 48.2. The highest BCUT2D eigenvalue weighted by Crippen LogP contribution is 2.46. The van der Waals surface area contributed by atoms with Gasteiger partial charge in [0.25, 0.3) is 0 Å². The molecule has 0 aliphatic carbocycles. The van der Waals surface area contributed by atoms with Crippen LogP contribution < -0.4 is 9.47 Å². The summed E-state index contributed by atoms with van der Waals surface area (Å²) in [5.74, 6) is -0.112. The highest BCUT2D eigenvalue weighted by Gasteiger charge is 2.37. The van der Waals surface area contributed by atoms with E-state index in [0.717, 1.165) is 6.07 Å². The molecule has 2 rings (SSSR count). The van der Waals surface area contributed by atoms with E-state index >= 15 is 0 Å². The molecule has 0 spiro atoms. The lowest BCUT2D eigenvalue weighted by molar-refractivity contribution is -0.139. The zero-order valence-corrected chi connectivity index (χ0v) is 8.98. The maximum absolute atomic E-state index is 12.6. The van der Waals surface area contributed by atoms with Crippen LogP contribution in [0, 0.1) is 0 Å². The Morgan fingerprint density at radius 1 is 1.07 bits per heavy atom. The summed E-state index contributed by atoms with van der Waals surface area (Å²) in [6.07, 6.45) is -4.43. The minimum Gasteiger partial charge on any atom is -0.485 e. The number of ether oxygens (including phenoxy) is 2. The van der Waals surface area contributed by atoms with Gasteiger partial charge in [0.15, 0.2) is 11.5 Å². The molecule has 0 saturated heterocycles. The van der Waals surface area contributed by atoms with Crippen molar-refractivity contribution in [2.24, 2.45) is 0 Å². The number of benzene rings is 1. The molecule has 0 N–H and O–H groups in total. The van der Waals surface area contributed by atoms with Crippen molar-refractivity contribution in [3.05, 3.63) is 22.2 Å². The van der Waals surface area contributed by atoms with Crippen molar-refractivity contribution in [2.45, 2.75) is 6.18 Å². The van der Waals surface area contributed by atoms with E-state index in [2.05, 4.69) is 15.9 Å². The summed E-state index contributed by atoms with van der Waals surface area (Å²) in [5, 5.41) is 0. The number of hydrogen-bond acceptors (Lipinski definition) is 2. The van der Waals surface area contributed by atoms with Crippen LogP contribution >= 0.6 is 15.9 Å². The standard InChI is InChI=1S/C9H6BrF3O2/c10-6-2-1-5(9(11,12)13)7-8(6)15-4-3-14-7/h1-2H,3-4H2. The van der Waals surface area contributed by atoms with Crippen LogP contribution in [0.1, 0.15) is 5.56 Å². The molecule has 1 aliphatic rings. The number of rotatable bonds is 0. The van der Waals surface area contributed by atoms with Gasteiger partial charge in [0.05, 0.1) is 4.47 Å². The van der Waals surface area contributed by atoms with Crippen molar-refractivity contribution >= 4 is 15.9 Å². The molecule has 1 aliphatic heterocycles. The number of alkyl halides is 3. The second kappa shape index (κ2) is 3.59. The maximum Gasteiger partial charge on any atom is 0.420 e. The number of halogens is 4. The van der Waals surface area contributed by atoms with Crippen LogP contribution in [0.15, 0.2) is 16.6 Å². The van der Waals surface area contributed by atoms with Crippen LogP contribution in [-0.4, -0.2) is 13.2 Å². The van der Waals surface area contributed by atoms with Gasteiger partial charge in [0.2, 0.25) is 0 Å². The van der Waals surface area contributed by atoms with Gasteiger partial charge in [0.1, 0.15) is 18.8 Å². The SMILES string of the molecule is FC(F)(F)c1ccc(Br)c2c1OCCO2. The molecule has 1 aromatic rings. The summed E-state index contributed by atoms with van der Waals surface area (Å²) in [5.41, 5.74) is -0.805. The third-order valence-corrected chi connectivity index (χ3v) is 2.57. The molecule has 2 nitrogen and oxygen atoms in total. The van der Waals surface area contributed by atoms with Gasteiger partial charge in [-0.3, -0.25) is 0 Å². The molecule has 1 heterocycles. The molecule has 0 atom stereocenters. The lowest BCUT2D eigenvalue weighted by Gasteiger charge is -2.22. The van der Waals surface area contributed by atoms with E-state index < -0.39 is 11.7 Å². The van der Waals surface area contributed by atoms with Gasteiger partial charge in [-0.2, -0.15) is 13.2 Å². The Morgan fingerprint density at radius 3 is 2.27 bits per heavy atom. The predicted molar refractivity (Wildman–Crippen MR) is 50.1 cm³/mol. The van der Waals surface area contributed by atoms with Crippen molar-refractivity contribution in [3.63, 3.8) is 0 Å². The summed E-state index contributed by atoms with van der Waals surface area (Å²) in [7, 11) is 0. The lowest BCUT2D eigenvalue weighted by Crippen LogP contribution is -2.19. The average molecular weight is 283 g/mol. The van der Waals surface area contributed by atoms with Crippen LogP contribution in [0.4, 0.5) is 13.2 Å². The molecule has 0 bridgehead atoms. The molecule has 82 valence electrons. The predicted octanol–water partition coefficient (Wildman–Crippen LogP) is 3.24. The topological polar surface area (TPSA) is 18.5 Å². The van der Waals surface area contributed by atoms with Gasteiger partial charge in [-0.25, -0.2) is 0 Å². The Labute approximate surface area is 92.1 Å². The van der Waals surface area contributed by atoms with Crippen LogP contribution in [0.25, 0.3) is 0 Å². The summed E-state index contributed by atoms with van der Waals surface area (Å²) in [6, 6.07) is 2.27. The Morgan fingerprint density at radius 2 is 1.67 bits per heavy atom. The van der Waals surface area contributed by atoms with E-state index in [9.17, 15) is 13.2 Å². The molecule has 0 unspecified atom stereocenters. The fraction of sp³-hybridized carbons (Fsp3) is 0.333. The Bertz CT molecular complexity index is 390. The average Bonchev–Trinajstić information content (AvgIpc) is 2.17. The van der Waals surface area contributed by atoms with Gasteiger partial charge in [-0.1, -0.05) is 0 Å². The van der Waals surface area contributed by atoms with Gasteiger partial charge in [-0.05, 0) is 28.1 Å². The molecule has 0 fully saturated rings. The molecule has 0 radical (unpaired) electrons. The van der Waals surface area contributed by atoms with Crippen LogP contribution in [0.5, 0.6) is 11.5 Å². The minimum atomic E-state index is -4.43. The summed E-state index contributed by atoms with van der Waals surface area (Å²) >= 11 is 3.11. The quantitative estimate of drug-likeness (QED) is 0.727. The Balaban J connectivity index is 2.58. The normalized spacial score (nSPS) is 15.2. The zero-order valence-electron chi connectivity index (χ0n) is 7.40. The van der Waals surface area contributed by atoms with Gasteiger partial charge < -0.3 is 9.47 Å². The molecule has 0 saturated carbocycles. The van der Waals surface area contributed by atoms with Crippen LogP contribution in [-0.2, 0) is 6.18 Å². The first-order valence-electron chi connectivity index (χ1n) is 4.15. The molecule has 0 amide bonds. The number of fused-ring (bicyclic) bond motifs is 1. The third-order valence-electron chi connectivity index (χ3n) is 1.95. The van der Waals surface area contributed by atoms with E-state index in [4.69, 9.17) is 9.47 Å². The van der Waals surface area contributed by atoms with Crippen molar-refractivity contribution in [2.75, 3.05) is 13.2 Å². The van der Waals surface area contributed by atoms with Crippen LogP contribution in [0.3, 0.4) is 0 Å². The third kappa shape index (κ3) is 1.90. The fourth-order valence-electron chi connectivity index (χ4n) is 1.33. The van der Waals surface area contributed by atoms with Crippen molar-refractivity contribution < 1.29 is 22.6 Å². The largest absolute Gasteiger partial charge is 0.485 e. The van der Waals surface area contributed by atoms with Gasteiger partial charge >= 0.3 is 6.18 Å². The Kier molecular flexibility index (Phi) is 2.54. The second-order valence-electron chi connectivity index (χ2n) is 2.95. The molecule has 15 heavy (non-hydrogen) atoms. The highest BCUT2D eigenvalue weighted by atomic mass is 79.9. The highest BCUT2D eigenvalue weighted by molar-refractivity contribution is 9.10. The fourth-order valence-corrected chi connectivity index (χ4v) is 1.75. The first-order chi connectivity index (χ1) is 7.00. The molecular weight excluding hydrogens is 277 g/mol. The van der Waals surface area contributed by atoms with Crippen molar-refractivity contribution in [1.82, 2.24) is 0 Å². The maximum atomic E-state index is 12.6. The smallest absolute Gasteiger partial charge is 0.420 e. The first kappa shape index (κ1) is 10.6. The molecule has 1 aromatic carbocycles. The van der Waals surface area contributed by atoms with Crippen LogP contribution in [0.2, 0.25) is 0 Å². The van der Waals surface area contributed by atoms with Crippen molar-refractivity contribution in [3.8, 4) is 11.5 Å². The Hall–Kier alpha value is -0.910. The zero-order chi connectivity index (χ0) is 11.1. The van der Waals surface area contributed by atoms with E-state index in [-0.39, 0.29) is 24.7 Å². The first-order valence-corrected chi connectivity index (χ1v) is 4.95. The monoisotopic (exact) mass is 282 g/mol.